The highest BCUT2D eigenvalue weighted by Gasteiger charge is 2.26. The Kier molecular flexibility index (Phi) is 11.4. The summed E-state index contributed by atoms with van der Waals surface area (Å²) in [6, 6.07) is 26.6. The Hall–Kier alpha value is -3.91. The van der Waals surface area contributed by atoms with E-state index in [4.69, 9.17) is 4.74 Å². The molecule has 0 saturated heterocycles. The molecule has 8 heteroatoms. The maximum Gasteiger partial charge on any atom is 0.336 e. The zero-order valence-electron chi connectivity index (χ0n) is 27.0. The molecular weight excluding hydrogens is 566 g/mol. The van der Waals surface area contributed by atoms with Crippen molar-refractivity contribution < 1.29 is 9.53 Å². The summed E-state index contributed by atoms with van der Waals surface area (Å²) < 4.78 is 10.8. The summed E-state index contributed by atoms with van der Waals surface area (Å²) in [4.78, 5) is 19.7. The molecule has 0 aliphatic heterocycles. The molecule has 2 amide bonds. The van der Waals surface area contributed by atoms with E-state index in [0.29, 0.717) is 43.5 Å². The Morgan fingerprint density at radius 2 is 1.55 bits per heavy atom. The van der Waals surface area contributed by atoms with Crippen molar-refractivity contribution in [2.45, 2.75) is 84.6 Å². The summed E-state index contributed by atoms with van der Waals surface area (Å²) >= 11 is 1.23. The van der Waals surface area contributed by atoms with Crippen LogP contribution >= 0.6 is 11.5 Å². The van der Waals surface area contributed by atoms with E-state index < -0.39 is 0 Å². The molecule has 0 aliphatic carbocycles. The van der Waals surface area contributed by atoms with Crippen LogP contribution in [0.4, 0.5) is 9.93 Å². The predicted octanol–water partition coefficient (Wildman–Crippen LogP) is 8.51. The molecule has 4 rings (SSSR count). The number of benzene rings is 3. The topological polar surface area (TPSA) is 79.4 Å². The van der Waals surface area contributed by atoms with Gasteiger partial charge in [0.2, 0.25) is 5.13 Å². The van der Waals surface area contributed by atoms with Crippen LogP contribution in [0.1, 0.15) is 88.9 Å². The van der Waals surface area contributed by atoms with Gasteiger partial charge >= 0.3 is 6.03 Å². The Morgan fingerprint density at radius 3 is 2.20 bits per heavy atom. The van der Waals surface area contributed by atoms with Gasteiger partial charge in [-0.1, -0.05) is 114 Å². The van der Waals surface area contributed by atoms with Gasteiger partial charge in [0.25, 0.3) is 0 Å². The van der Waals surface area contributed by atoms with E-state index in [0.717, 1.165) is 29.7 Å². The van der Waals surface area contributed by atoms with Crippen LogP contribution in [0.5, 0.6) is 5.75 Å². The SMILES string of the molecule is CCC(C)(C)c1ccc(OCCCN(Cc2ccccc2)C(=O)NNc2nc(Cc3ccccc3)ns2)c(C(C)(C)CC)c1. The molecule has 0 fully saturated rings. The normalized spacial score (nSPS) is 11.7. The Labute approximate surface area is 267 Å². The quantitative estimate of drug-likeness (QED) is 0.104. The maximum absolute atomic E-state index is 13.3. The summed E-state index contributed by atoms with van der Waals surface area (Å²) in [5.41, 5.74) is 10.7. The molecule has 1 heterocycles. The Balaban J connectivity index is 1.38. The van der Waals surface area contributed by atoms with Crippen molar-refractivity contribution in [2.24, 2.45) is 0 Å². The lowest BCUT2D eigenvalue weighted by Gasteiger charge is -2.30. The summed E-state index contributed by atoms with van der Waals surface area (Å²) in [5.74, 6) is 1.64. The fourth-order valence-electron chi connectivity index (χ4n) is 4.83. The van der Waals surface area contributed by atoms with Gasteiger partial charge in [0.05, 0.1) is 6.61 Å². The molecule has 0 bridgehead atoms. The zero-order chi connectivity index (χ0) is 31.6. The minimum absolute atomic E-state index is 0.00822. The third-order valence-corrected chi connectivity index (χ3v) is 9.21. The van der Waals surface area contributed by atoms with Crippen LogP contribution in [0.25, 0.3) is 0 Å². The lowest BCUT2D eigenvalue weighted by Crippen LogP contribution is -2.43. The van der Waals surface area contributed by atoms with Crippen LogP contribution in [-0.4, -0.2) is 33.4 Å². The molecule has 44 heavy (non-hydrogen) atoms. The van der Waals surface area contributed by atoms with Crippen molar-refractivity contribution in [3.63, 3.8) is 0 Å². The summed E-state index contributed by atoms with van der Waals surface area (Å²) in [7, 11) is 0. The number of nitrogens with zero attached hydrogens (tertiary/aromatic N) is 3. The van der Waals surface area contributed by atoms with Crippen molar-refractivity contribution in [3.8, 4) is 5.75 Å². The zero-order valence-corrected chi connectivity index (χ0v) is 27.8. The first-order chi connectivity index (χ1) is 21.1. The first-order valence-electron chi connectivity index (χ1n) is 15.6. The second-order valence-electron chi connectivity index (χ2n) is 12.5. The molecular formula is C36H47N5O2S. The van der Waals surface area contributed by atoms with Gasteiger partial charge in [-0.25, -0.2) is 15.2 Å². The first-order valence-corrected chi connectivity index (χ1v) is 16.4. The molecule has 1 aromatic heterocycles. The van der Waals surface area contributed by atoms with E-state index in [1.54, 1.807) is 4.90 Å². The number of amides is 2. The van der Waals surface area contributed by atoms with Crippen molar-refractivity contribution in [1.82, 2.24) is 19.7 Å². The number of carbonyl (C=O) groups excluding carboxylic acids is 1. The van der Waals surface area contributed by atoms with Gasteiger partial charge in [-0.05, 0) is 52.8 Å². The third-order valence-electron chi connectivity index (χ3n) is 8.54. The Morgan fingerprint density at radius 1 is 0.886 bits per heavy atom. The lowest BCUT2D eigenvalue weighted by molar-refractivity contribution is 0.190. The molecule has 0 aliphatic rings. The molecule has 0 saturated carbocycles. The molecule has 7 nitrogen and oxygen atoms in total. The number of hydrogen-bond donors (Lipinski definition) is 2. The largest absolute Gasteiger partial charge is 0.493 e. The summed E-state index contributed by atoms with van der Waals surface area (Å²) in [5, 5.41) is 0.549. The van der Waals surface area contributed by atoms with Gasteiger partial charge in [0.1, 0.15) is 11.6 Å². The number of carbonyl (C=O) groups is 1. The van der Waals surface area contributed by atoms with Crippen LogP contribution in [-0.2, 0) is 23.8 Å². The molecule has 2 N–H and O–H groups in total. The molecule has 234 valence electrons. The average molecular weight is 614 g/mol. The van der Waals surface area contributed by atoms with E-state index >= 15 is 0 Å². The van der Waals surface area contributed by atoms with Crippen LogP contribution < -0.4 is 15.6 Å². The lowest BCUT2D eigenvalue weighted by atomic mass is 9.76. The maximum atomic E-state index is 13.3. The molecule has 3 aromatic carbocycles. The van der Waals surface area contributed by atoms with E-state index in [2.05, 4.69) is 92.1 Å². The number of urea groups is 1. The average Bonchev–Trinajstić information content (AvgIpc) is 3.49. The second kappa shape index (κ2) is 15.2. The number of hydrogen-bond acceptors (Lipinski definition) is 6. The molecule has 0 spiro atoms. The van der Waals surface area contributed by atoms with E-state index in [1.807, 2.05) is 48.5 Å². The van der Waals surface area contributed by atoms with Gasteiger partial charge < -0.3 is 9.64 Å². The monoisotopic (exact) mass is 613 g/mol. The van der Waals surface area contributed by atoms with E-state index in [9.17, 15) is 4.79 Å². The molecule has 0 unspecified atom stereocenters. The van der Waals surface area contributed by atoms with Crippen LogP contribution in [0.15, 0.2) is 78.9 Å². The number of hydrazine groups is 1. The minimum atomic E-state index is -0.229. The Bertz CT molecular complexity index is 1470. The number of aromatic nitrogens is 2. The van der Waals surface area contributed by atoms with Crippen molar-refractivity contribution in [2.75, 3.05) is 18.6 Å². The summed E-state index contributed by atoms with van der Waals surface area (Å²) in [6.07, 6.45) is 3.42. The summed E-state index contributed by atoms with van der Waals surface area (Å²) in [6.45, 7) is 15.1. The van der Waals surface area contributed by atoms with E-state index in [1.165, 1.54) is 22.7 Å². The second-order valence-corrected chi connectivity index (χ2v) is 13.3. The molecule has 0 radical (unpaired) electrons. The van der Waals surface area contributed by atoms with Crippen molar-refractivity contribution in [3.05, 3.63) is 107 Å². The standard InChI is InChI=1S/C36H47N5O2S/c1-7-35(3,4)29-20-21-31(30(25-29)36(5,6)8-2)43-23-15-22-41(26-28-18-13-10-14-19-28)34(42)39-38-33-37-32(40-44-33)24-27-16-11-9-12-17-27/h9-14,16-21,25H,7-8,15,22-24,26H2,1-6H3,(H,39,42)(H,37,38,40). The van der Waals surface area contributed by atoms with E-state index in [-0.39, 0.29) is 16.9 Å². The van der Waals surface area contributed by atoms with Crippen LogP contribution in [0, 0.1) is 0 Å². The number of rotatable bonds is 15. The van der Waals surface area contributed by atoms with Gasteiger partial charge in [-0.2, -0.15) is 4.37 Å². The highest BCUT2D eigenvalue weighted by Crippen LogP contribution is 2.38. The minimum Gasteiger partial charge on any atom is -0.493 e. The molecule has 0 atom stereocenters. The van der Waals surface area contributed by atoms with Crippen molar-refractivity contribution >= 4 is 22.7 Å². The van der Waals surface area contributed by atoms with Gasteiger partial charge in [-0.3, -0.25) is 5.43 Å². The van der Waals surface area contributed by atoms with Crippen molar-refractivity contribution in [1.29, 1.82) is 0 Å². The van der Waals surface area contributed by atoms with Crippen LogP contribution in [0.3, 0.4) is 0 Å². The van der Waals surface area contributed by atoms with Gasteiger partial charge in [-0.15, -0.1) is 0 Å². The smallest absolute Gasteiger partial charge is 0.336 e. The fourth-order valence-corrected chi connectivity index (χ4v) is 5.38. The highest BCUT2D eigenvalue weighted by atomic mass is 32.1. The molecule has 4 aromatic rings. The van der Waals surface area contributed by atoms with Crippen LogP contribution in [0.2, 0.25) is 0 Å². The predicted molar refractivity (Wildman–Crippen MR) is 181 cm³/mol. The highest BCUT2D eigenvalue weighted by molar-refractivity contribution is 7.09. The number of ether oxygens (including phenoxy) is 1. The number of anilines is 1. The fraction of sp³-hybridized carbons (Fsp3) is 0.417. The van der Waals surface area contributed by atoms with Gasteiger partial charge in [0.15, 0.2) is 0 Å². The third kappa shape index (κ3) is 9.05. The van der Waals surface area contributed by atoms with Gasteiger partial charge in [0, 0.05) is 36.6 Å². The number of nitrogens with one attached hydrogen (secondary N) is 2. The first kappa shape index (κ1) is 33.0.